The zero-order chi connectivity index (χ0) is 23.1. The molecule has 1 aliphatic heterocycles. The molecular formula is C24H28N6O2. The van der Waals surface area contributed by atoms with Gasteiger partial charge >= 0.3 is 6.03 Å². The van der Waals surface area contributed by atoms with E-state index in [9.17, 15) is 9.59 Å². The third-order valence-electron chi connectivity index (χ3n) is 4.96. The average Bonchev–Trinajstić information content (AvgIpc) is 3.20. The maximum absolute atomic E-state index is 12.9. The first-order chi connectivity index (χ1) is 15.4. The Morgan fingerprint density at radius 2 is 1.72 bits per heavy atom. The lowest BCUT2D eigenvalue weighted by atomic mass is 10.0. The van der Waals surface area contributed by atoms with E-state index in [-0.39, 0.29) is 11.8 Å². The molecule has 0 spiro atoms. The second kappa shape index (κ2) is 10.4. The van der Waals surface area contributed by atoms with Crippen molar-refractivity contribution in [1.82, 2.24) is 5.32 Å². The highest BCUT2D eigenvalue weighted by molar-refractivity contribution is 6.00. The van der Waals surface area contributed by atoms with Crippen LogP contribution in [0.1, 0.15) is 25.8 Å². The number of anilines is 3. The van der Waals surface area contributed by atoms with Crippen LogP contribution in [0, 0.1) is 18.3 Å². The fourth-order valence-corrected chi connectivity index (χ4v) is 3.36. The molecule has 0 aromatic heterocycles. The summed E-state index contributed by atoms with van der Waals surface area (Å²) >= 11 is 0. The summed E-state index contributed by atoms with van der Waals surface area (Å²) in [6, 6.07) is 13.1. The highest BCUT2D eigenvalue weighted by Gasteiger charge is 2.22. The highest BCUT2D eigenvalue weighted by atomic mass is 16.2. The maximum Gasteiger partial charge on any atom is 0.319 e. The first-order valence-corrected chi connectivity index (χ1v) is 10.5. The van der Waals surface area contributed by atoms with Crippen molar-refractivity contribution in [2.24, 2.45) is 16.6 Å². The topological polar surface area (TPSA) is 112 Å². The standard InChI is InChI=1S/C24H28N6O2/c1-4-17-5-7-19(8-6-17)28-24(32)29-21(15-16(2)3)22(31)27-18-9-11-20(12-10-18)30-14-13-26-23(30)25/h1,5-12,16,21H,13-15H2,2-3H3,(H2,25,26)(H,27,31)(H2,28,29,32). The number of carbonyl (C=O) groups excluding carboxylic acids is 2. The summed E-state index contributed by atoms with van der Waals surface area (Å²) in [5.74, 6) is 2.94. The maximum atomic E-state index is 12.9. The summed E-state index contributed by atoms with van der Waals surface area (Å²) in [5.41, 5.74) is 8.74. The van der Waals surface area contributed by atoms with Crippen LogP contribution in [0.15, 0.2) is 53.5 Å². The van der Waals surface area contributed by atoms with Crippen LogP contribution in [0.4, 0.5) is 21.9 Å². The summed E-state index contributed by atoms with van der Waals surface area (Å²) < 4.78 is 0. The molecule has 32 heavy (non-hydrogen) atoms. The molecule has 3 rings (SSSR count). The predicted octanol–water partition coefficient (Wildman–Crippen LogP) is 2.98. The van der Waals surface area contributed by atoms with Gasteiger partial charge in [0.1, 0.15) is 6.04 Å². The zero-order valence-corrected chi connectivity index (χ0v) is 18.3. The Labute approximate surface area is 188 Å². The van der Waals surface area contributed by atoms with E-state index in [0.717, 1.165) is 17.8 Å². The third-order valence-corrected chi connectivity index (χ3v) is 4.96. The van der Waals surface area contributed by atoms with Gasteiger partial charge in [-0.25, -0.2) is 4.79 Å². The van der Waals surface area contributed by atoms with E-state index in [4.69, 9.17) is 12.2 Å². The van der Waals surface area contributed by atoms with E-state index in [1.807, 2.05) is 30.9 Å². The van der Waals surface area contributed by atoms with Gasteiger partial charge in [0.05, 0.1) is 6.54 Å². The van der Waals surface area contributed by atoms with Crippen LogP contribution < -0.4 is 26.6 Å². The van der Waals surface area contributed by atoms with Crippen LogP contribution in [-0.2, 0) is 4.79 Å². The number of guanidine groups is 1. The molecule has 0 saturated heterocycles. The molecule has 0 radical (unpaired) electrons. The molecule has 0 saturated carbocycles. The van der Waals surface area contributed by atoms with Crippen LogP contribution in [0.2, 0.25) is 0 Å². The number of amides is 3. The fraction of sp³-hybridized carbons (Fsp3) is 0.292. The number of nitrogens with one attached hydrogen (secondary N) is 3. The Hall–Kier alpha value is -3.99. The number of aliphatic imine (C=N–C) groups is 1. The summed E-state index contributed by atoms with van der Waals surface area (Å²) in [7, 11) is 0. The largest absolute Gasteiger partial charge is 0.370 e. The van der Waals surface area contributed by atoms with Crippen LogP contribution in [-0.4, -0.2) is 37.0 Å². The van der Waals surface area contributed by atoms with Gasteiger partial charge in [0, 0.05) is 29.2 Å². The van der Waals surface area contributed by atoms with Crippen LogP contribution in [0.3, 0.4) is 0 Å². The number of terminal acetylenes is 1. The number of urea groups is 1. The summed E-state index contributed by atoms with van der Waals surface area (Å²) in [6.45, 7) is 5.39. The minimum atomic E-state index is -0.694. The predicted molar refractivity (Wildman–Crippen MR) is 129 cm³/mol. The van der Waals surface area contributed by atoms with Crippen molar-refractivity contribution in [1.29, 1.82) is 0 Å². The summed E-state index contributed by atoms with van der Waals surface area (Å²) in [5, 5.41) is 8.37. The van der Waals surface area contributed by atoms with Crippen molar-refractivity contribution in [3.8, 4) is 12.3 Å². The molecule has 1 unspecified atom stereocenters. The van der Waals surface area contributed by atoms with E-state index in [1.54, 1.807) is 36.4 Å². The Morgan fingerprint density at radius 3 is 2.28 bits per heavy atom. The highest BCUT2D eigenvalue weighted by Crippen LogP contribution is 2.20. The Kier molecular flexibility index (Phi) is 7.34. The lowest BCUT2D eigenvalue weighted by Crippen LogP contribution is -2.46. The van der Waals surface area contributed by atoms with Gasteiger partial charge in [0.25, 0.3) is 0 Å². The van der Waals surface area contributed by atoms with Crippen molar-refractivity contribution in [2.75, 3.05) is 28.6 Å². The molecule has 5 N–H and O–H groups in total. The minimum Gasteiger partial charge on any atom is -0.370 e. The monoisotopic (exact) mass is 432 g/mol. The molecule has 0 fully saturated rings. The molecule has 8 nitrogen and oxygen atoms in total. The second-order valence-corrected chi connectivity index (χ2v) is 7.93. The fourth-order valence-electron chi connectivity index (χ4n) is 3.36. The second-order valence-electron chi connectivity index (χ2n) is 7.93. The first-order valence-electron chi connectivity index (χ1n) is 10.5. The number of nitrogens with two attached hydrogens (primary N) is 1. The van der Waals surface area contributed by atoms with E-state index in [1.165, 1.54) is 0 Å². The zero-order valence-electron chi connectivity index (χ0n) is 18.3. The molecule has 1 aliphatic rings. The number of rotatable bonds is 7. The molecule has 2 aromatic carbocycles. The molecule has 3 amide bonds. The molecule has 0 bridgehead atoms. The SMILES string of the molecule is C#Cc1ccc(NC(=O)NC(CC(C)C)C(=O)Nc2ccc(N3CCN=C3N)cc2)cc1. The number of benzene rings is 2. The Bertz CT molecular complexity index is 1020. The van der Waals surface area contributed by atoms with Gasteiger partial charge in [-0.05, 0) is 60.9 Å². The van der Waals surface area contributed by atoms with Crippen molar-refractivity contribution in [3.63, 3.8) is 0 Å². The van der Waals surface area contributed by atoms with Crippen molar-refractivity contribution in [2.45, 2.75) is 26.3 Å². The van der Waals surface area contributed by atoms with Gasteiger partial charge in [-0.15, -0.1) is 6.42 Å². The Balaban J connectivity index is 1.61. The minimum absolute atomic E-state index is 0.209. The van der Waals surface area contributed by atoms with Gasteiger partial charge in [-0.3, -0.25) is 9.79 Å². The lowest BCUT2D eigenvalue weighted by Gasteiger charge is -2.21. The molecular weight excluding hydrogens is 404 g/mol. The number of nitrogens with zero attached hydrogens (tertiary/aromatic N) is 2. The van der Waals surface area contributed by atoms with Gasteiger partial charge < -0.3 is 26.6 Å². The lowest BCUT2D eigenvalue weighted by molar-refractivity contribution is -0.118. The van der Waals surface area contributed by atoms with Crippen LogP contribution in [0.5, 0.6) is 0 Å². The quantitative estimate of drug-likeness (QED) is 0.504. The van der Waals surface area contributed by atoms with Crippen LogP contribution in [0.25, 0.3) is 0 Å². The van der Waals surface area contributed by atoms with Gasteiger partial charge in [-0.2, -0.15) is 0 Å². The molecule has 0 aliphatic carbocycles. The van der Waals surface area contributed by atoms with Gasteiger partial charge in [0.2, 0.25) is 5.91 Å². The van der Waals surface area contributed by atoms with Gasteiger partial charge in [-0.1, -0.05) is 19.8 Å². The van der Waals surface area contributed by atoms with Crippen LogP contribution >= 0.6 is 0 Å². The van der Waals surface area contributed by atoms with Crippen molar-refractivity contribution >= 4 is 35.0 Å². The first kappa shape index (κ1) is 22.7. The third kappa shape index (κ3) is 6.01. The molecule has 1 heterocycles. The summed E-state index contributed by atoms with van der Waals surface area (Å²) in [4.78, 5) is 31.4. The van der Waals surface area contributed by atoms with E-state index < -0.39 is 12.1 Å². The molecule has 1 atom stereocenters. The molecule has 8 heteroatoms. The summed E-state index contributed by atoms with van der Waals surface area (Å²) in [6.07, 6.45) is 5.84. The molecule has 166 valence electrons. The van der Waals surface area contributed by atoms with Gasteiger partial charge in [0.15, 0.2) is 5.96 Å². The van der Waals surface area contributed by atoms with E-state index >= 15 is 0 Å². The van der Waals surface area contributed by atoms with Crippen molar-refractivity contribution in [3.05, 3.63) is 54.1 Å². The smallest absolute Gasteiger partial charge is 0.319 e. The number of carbonyl (C=O) groups is 2. The number of hydrogen-bond acceptors (Lipinski definition) is 5. The van der Waals surface area contributed by atoms with Crippen molar-refractivity contribution < 1.29 is 9.59 Å². The Morgan fingerprint density at radius 1 is 1.09 bits per heavy atom. The van der Waals surface area contributed by atoms with E-state index in [2.05, 4.69) is 26.9 Å². The average molecular weight is 433 g/mol. The number of hydrogen-bond donors (Lipinski definition) is 4. The molecule has 2 aromatic rings. The van der Waals surface area contributed by atoms with E-state index in [0.29, 0.717) is 30.3 Å². The normalized spacial score (nSPS) is 13.8.